The van der Waals surface area contributed by atoms with Crippen LogP contribution in [0.2, 0.25) is 0 Å². The summed E-state index contributed by atoms with van der Waals surface area (Å²) in [6.07, 6.45) is 3.63. The molecule has 1 aliphatic heterocycles. The average molecular weight is 385 g/mol. The molecule has 0 bridgehead atoms. The average Bonchev–Trinajstić information content (AvgIpc) is 3.13. The zero-order valence-corrected chi connectivity index (χ0v) is 16.1. The second-order valence-corrected chi connectivity index (χ2v) is 7.79. The minimum absolute atomic E-state index is 0.112. The number of rotatable bonds is 7. The van der Waals surface area contributed by atoms with Crippen LogP contribution >= 0.6 is 0 Å². The van der Waals surface area contributed by atoms with Gasteiger partial charge in [-0.3, -0.25) is 0 Å². The molecule has 1 saturated heterocycles. The van der Waals surface area contributed by atoms with Gasteiger partial charge in [-0.05, 0) is 61.1 Å². The molecule has 2 atom stereocenters. The molecule has 2 aliphatic rings. The summed E-state index contributed by atoms with van der Waals surface area (Å²) in [5.41, 5.74) is 2.64. The number of hydrogen-bond donors (Lipinski definition) is 1. The number of aliphatic hydroxyl groups excluding tert-OH is 1. The van der Waals surface area contributed by atoms with E-state index in [1.165, 1.54) is 23.3 Å². The van der Waals surface area contributed by atoms with Crippen LogP contribution in [-0.4, -0.2) is 48.5 Å². The van der Waals surface area contributed by atoms with Gasteiger partial charge in [0.1, 0.15) is 17.7 Å². The van der Waals surface area contributed by atoms with Crippen molar-refractivity contribution in [3.8, 4) is 5.75 Å². The number of benzene rings is 2. The van der Waals surface area contributed by atoms with E-state index in [-0.39, 0.29) is 18.0 Å². The highest BCUT2D eigenvalue weighted by Gasteiger charge is 2.25. The van der Waals surface area contributed by atoms with E-state index in [2.05, 4.69) is 29.2 Å². The summed E-state index contributed by atoms with van der Waals surface area (Å²) in [5.74, 6) is 0.463. The quantitative estimate of drug-likeness (QED) is 0.789. The first kappa shape index (κ1) is 19.4. The topological polar surface area (TPSA) is 41.9 Å². The molecular weight excluding hydrogens is 357 g/mol. The van der Waals surface area contributed by atoms with Gasteiger partial charge in [0.05, 0.1) is 18.8 Å². The molecule has 0 spiro atoms. The summed E-state index contributed by atoms with van der Waals surface area (Å²) in [6, 6.07) is 14.6. The normalized spacial score (nSPS) is 21.4. The van der Waals surface area contributed by atoms with Gasteiger partial charge < -0.3 is 19.5 Å². The first-order chi connectivity index (χ1) is 13.7. The molecule has 1 N–H and O–H groups in total. The summed E-state index contributed by atoms with van der Waals surface area (Å²) >= 11 is 0. The maximum atomic E-state index is 13.0. The van der Waals surface area contributed by atoms with Crippen LogP contribution < -0.4 is 4.74 Å². The van der Waals surface area contributed by atoms with Crippen LogP contribution in [0.4, 0.5) is 4.39 Å². The van der Waals surface area contributed by atoms with Gasteiger partial charge in [-0.2, -0.15) is 0 Å². The molecule has 1 unspecified atom stereocenters. The second kappa shape index (κ2) is 9.03. The van der Waals surface area contributed by atoms with Crippen molar-refractivity contribution < 1.29 is 19.0 Å². The smallest absolute Gasteiger partial charge is 0.123 e. The van der Waals surface area contributed by atoms with Gasteiger partial charge >= 0.3 is 0 Å². The third-order valence-corrected chi connectivity index (χ3v) is 5.69. The van der Waals surface area contributed by atoms with Crippen LogP contribution in [0.5, 0.6) is 5.75 Å². The molecule has 0 aromatic heterocycles. The van der Waals surface area contributed by atoms with Crippen LogP contribution in [-0.2, 0) is 11.2 Å². The number of piperidine rings is 1. The summed E-state index contributed by atoms with van der Waals surface area (Å²) in [4.78, 5) is 2.27. The SMILES string of the molecule is OC(CO[C@@H]1CCc2ccccc21)CN1CCC(Oc2ccc(F)cc2)CC1. The Kier molecular flexibility index (Phi) is 6.25. The summed E-state index contributed by atoms with van der Waals surface area (Å²) in [5, 5.41) is 10.4. The van der Waals surface area contributed by atoms with E-state index in [1.54, 1.807) is 12.1 Å². The minimum Gasteiger partial charge on any atom is -0.490 e. The Morgan fingerprint density at radius 1 is 1.04 bits per heavy atom. The highest BCUT2D eigenvalue weighted by atomic mass is 19.1. The zero-order chi connectivity index (χ0) is 19.3. The Bertz CT molecular complexity index is 759. The number of aryl methyl sites for hydroxylation is 1. The number of ether oxygens (including phenoxy) is 2. The van der Waals surface area contributed by atoms with Crippen LogP contribution in [0.25, 0.3) is 0 Å². The number of hydrogen-bond acceptors (Lipinski definition) is 4. The molecule has 150 valence electrons. The van der Waals surface area contributed by atoms with Crippen molar-refractivity contribution in [1.82, 2.24) is 4.90 Å². The molecule has 0 saturated carbocycles. The lowest BCUT2D eigenvalue weighted by molar-refractivity contribution is -0.0269. The lowest BCUT2D eigenvalue weighted by atomic mass is 10.1. The van der Waals surface area contributed by atoms with E-state index < -0.39 is 6.10 Å². The van der Waals surface area contributed by atoms with Crippen LogP contribution in [0.15, 0.2) is 48.5 Å². The van der Waals surface area contributed by atoms with Gasteiger partial charge in [-0.15, -0.1) is 0 Å². The second-order valence-electron chi connectivity index (χ2n) is 7.79. The largest absolute Gasteiger partial charge is 0.490 e. The van der Waals surface area contributed by atoms with Gasteiger partial charge in [0.25, 0.3) is 0 Å². The fourth-order valence-corrected chi connectivity index (χ4v) is 4.18. The van der Waals surface area contributed by atoms with Crippen molar-refractivity contribution in [2.24, 2.45) is 0 Å². The predicted octanol–water partition coefficient (Wildman–Crippen LogP) is 3.73. The molecule has 0 amide bonds. The molecule has 1 aliphatic carbocycles. The molecule has 5 heteroatoms. The number of likely N-dealkylation sites (tertiary alicyclic amines) is 1. The molecule has 1 fully saturated rings. The Labute approximate surface area is 165 Å². The Morgan fingerprint density at radius 2 is 1.79 bits per heavy atom. The lowest BCUT2D eigenvalue weighted by Crippen LogP contribution is -2.43. The van der Waals surface area contributed by atoms with Crippen molar-refractivity contribution in [2.75, 3.05) is 26.2 Å². The van der Waals surface area contributed by atoms with Crippen molar-refractivity contribution >= 4 is 0 Å². The maximum Gasteiger partial charge on any atom is 0.123 e. The third kappa shape index (κ3) is 4.90. The fourth-order valence-electron chi connectivity index (χ4n) is 4.18. The molecule has 0 radical (unpaired) electrons. The minimum atomic E-state index is -0.484. The molecule has 4 nitrogen and oxygen atoms in total. The monoisotopic (exact) mass is 385 g/mol. The van der Waals surface area contributed by atoms with Crippen molar-refractivity contribution in [3.05, 3.63) is 65.5 Å². The van der Waals surface area contributed by atoms with E-state index in [0.717, 1.165) is 38.8 Å². The number of nitrogens with zero attached hydrogens (tertiary/aromatic N) is 1. The highest BCUT2D eigenvalue weighted by molar-refractivity contribution is 5.33. The van der Waals surface area contributed by atoms with Crippen molar-refractivity contribution in [1.29, 1.82) is 0 Å². The van der Waals surface area contributed by atoms with Gasteiger partial charge in [-0.1, -0.05) is 24.3 Å². The number of halogens is 1. The molecule has 28 heavy (non-hydrogen) atoms. The van der Waals surface area contributed by atoms with E-state index in [9.17, 15) is 9.50 Å². The third-order valence-electron chi connectivity index (χ3n) is 5.69. The zero-order valence-electron chi connectivity index (χ0n) is 16.1. The number of aliphatic hydroxyl groups is 1. The first-order valence-electron chi connectivity index (χ1n) is 10.2. The van der Waals surface area contributed by atoms with Gasteiger partial charge in [0.2, 0.25) is 0 Å². The van der Waals surface area contributed by atoms with Crippen molar-refractivity contribution in [3.63, 3.8) is 0 Å². The Hall–Kier alpha value is -1.95. The van der Waals surface area contributed by atoms with Crippen LogP contribution in [0.3, 0.4) is 0 Å². The molecular formula is C23H28FNO3. The fraction of sp³-hybridized carbons (Fsp3) is 0.478. The predicted molar refractivity (Wildman–Crippen MR) is 106 cm³/mol. The molecule has 4 rings (SSSR count). The lowest BCUT2D eigenvalue weighted by Gasteiger charge is -2.33. The standard InChI is InChI=1S/C23H28FNO3/c24-18-6-8-20(9-7-18)28-21-11-13-25(14-12-21)15-19(26)16-27-23-10-5-17-3-1-2-4-22(17)23/h1-4,6-9,19,21,23,26H,5,10-16H2/t19?,23-/m1/s1. The van der Waals surface area contributed by atoms with E-state index in [4.69, 9.17) is 9.47 Å². The van der Waals surface area contributed by atoms with Crippen LogP contribution in [0, 0.1) is 5.82 Å². The van der Waals surface area contributed by atoms with E-state index >= 15 is 0 Å². The van der Waals surface area contributed by atoms with E-state index in [0.29, 0.717) is 18.9 Å². The molecule has 2 aromatic carbocycles. The summed E-state index contributed by atoms with van der Waals surface area (Å²) in [6.45, 7) is 2.76. The Balaban J connectivity index is 1.17. The highest BCUT2D eigenvalue weighted by Crippen LogP contribution is 2.33. The number of fused-ring (bicyclic) bond motifs is 1. The maximum absolute atomic E-state index is 13.0. The van der Waals surface area contributed by atoms with Gasteiger partial charge in [0, 0.05) is 19.6 Å². The van der Waals surface area contributed by atoms with Crippen LogP contribution in [0.1, 0.15) is 36.5 Å². The van der Waals surface area contributed by atoms with Gasteiger partial charge in [0.15, 0.2) is 0 Å². The summed E-state index contributed by atoms with van der Waals surface area (Å²) < 4.78 is 24.9. The van der Waals surface area contributed by atoms with Gasteiger partial charge in [-0.25, -0.2) is 4.39 Å². The van der Waals surface area contributed by atoms with E-state index in [1.807, 2.05) is 0 Å². The molecule has 1 heterocycles. The Morgan fingerprint density at radius 3 is 2.57 bits per heavy atom. The first-order valence-corrected chi connectivity index (χ1v) is 10.2. The number of β-amino-alcohol motifs (C(OH)–C–C–N with tert-alkyl or cyclic N) is 1. The van der Waals surface area contributed by atoms with Crippen molar-refractivity contribution in [2.45, 2.75) is 44.0 Å². The molecule has 2 aromatic rings. The summed E-state index contributed by atoms with van der Waals surface area (Å²) in [7, 11) is 0.